The maximum Gasteiger partial charge on any atom is 0.0429 e. The molecule has 72 valence electrons. The number of benzene rings is 1. The van der Waals surface area contributed by atoms with Gasteiger partial charge < -0.3 is 0 Å². The minimum Gasteiger partial charge on any atom is -0.0836 e. The lowest BCUT2D eigenvalue weighted by Gasteiger charge is -2.16. The highest BCUT2D eigenvalue weighted by Crippen LogP contribution is 2.36. The standard InChI is InChI=1S/C10H11Br3/c1-6(2)10(13)8-5-7(11)3-4-9(8)12/h3-6,10H,1-2H3. The molecule has 1 aromatic carbocycles. The van der Waals surface area contributed by atoms with Crippen LogP contribution in [-0.2, 0) is 0 Å². The van der Waals surface area contributed by atoms with Gasteiger partial charge in [0.1, 0.15) is 0 Å². The lowest BCUT2D eigenvalue weighted by Crippen LogP contribution is -1.99. The van der Waals surface area contributed by atoms with E-state index in [0.29, 0.717) is 10.7 Å². The predicted octanol–water partition coefficient (Wildman–Crippen LogP) is 5.30. The molecule has 0 heterocycles. The fraction of sp³-hybridized carbons (Fsp3) is 0.400. The highest BCUT2D eigenvalue weighted by molar-refractivity contribution is 9.11. The van der Waals surface area contributed by atoms with Gasteiger partial charge in [-0.05, 0) is 29.7 Å². The molecule has 0 fully saturated rings. The van der Waals surface area contributed by atoms with E-state index in [2.05, 4.69) is 73.8 Å². The van der Waals surface area contributed by atoms with E-state index in [-0.39, 0.29) is 0 Å². The summed E-state index contributed by atoms with van der Waals surface area (Å²) in [7, 11) is 0. The van der Waals surface area contributed by atoms with Gasteiger partial charge in [0.25, 0.3) is 0 Å². The molecule has 0 aliphatic carbocycles. The van der Waals surface area contributed by atoms with Crippen LogP contribution in [0.2, 0.25) is 0 Å². The maximum atomic E-state index is 3.68. The van der Waals surface area contributed by atoms with Gasteiger partial charge in [-0.15, -0.1) is 0 Å². The van der Waals surface area contributed by atoms with Crippen molar-refractivity contribution in [2.45, 2.75) is 18.7 Å². The van der Waals surface area contributed by atoms with Crippen molar-refractivity contribution in [1.29, 1.82) is 0 Å². The van der Waals surface area contributed by atoms with Crippen LogP contribution >= 0.6 is 47.8 Å². The van der Waals surface area contributed by atoms with E-state index < -0.39 is 0 Å². The Bertz CT molecular complexity index is 294. The molecule has 1 rings (SSSR count). The second-order valence-corrected chi connectivity index (χ2v) is 6.07. The van der Waals surface area contributed by atoms with Gasteiger partial charge in [0.05, 0.1) is 0 Å². The second kappa shape index (κ2) is 4.94. The summed E-state index contributed by atoms with van der Waals surface area (Å²) in [6, 6.07) is 6.24. The van der Waals surface area contributed by atoms with Crippen LogP contribution in [0.25, 0.3) is 0 Å². The van der Waals surface area contributed by atoms with Gasteiger partial charge in [0.2, 0.25) is 0 Å². The summed E-state index contributed by atoms with van der Waals surface area (Å²) in [5.74, 6) is 0.589. The Kier molecular flexibility index (Phi) is 4.46. The smallest absolute Gasteiger partial charge is 0.0429 e. The first kappa shape index (κ1) is 11.7. The topological polar surface area (TPSA) is 0 Å². The summed E-state index contributed by atoms with van der Waals surface area (Å²) in [5.41, 5.74) is 1.30. The van der Waals surface area contributed by atoms with E-state index in [9.17, 15) is 0 Å². The summed E-state index contributed by atoms with van der Waals surface area (Å²) in [4.78, 5) is 0.402. The minimum absolute atomic E-state index is 0.402. The van der Waals surface area contributed by atoms with Crippen molar-refractivity contribution in [2.24, 2.45) is 5.92 Å². The molecule has 1 unspecified atom stereocenters. The minimum atomic E-state index is 0.402. The molecular formula is C10H11Br3. The molecule has 0 aliphatic rings. The largest absolute Gasteiger partial charge is 0.0836 e. The summed E-state index contributed by atoms with van der Waals surface area (Å²) >= 11 is 10.7. The SMILES string of the molecule is CC(C)C(Br)c1cc(Br)ccc1Br. The molecule has 0 aliphatic heterocycles. The average molecular weight is 371 g/mol. The Morgan fingerprint density at radius 1 is 1.15 bits per heavy atom. The van der Waals surface area contributed by atoms with Crippen LogP contribution in [0.4, 0.5) is 0 Å². The van der Waals surface area contributed by atoms with Gasteiger partial charge in [0, 0.05) is 13.8 Å². The highest BCUT2D eigenvalue weighted by Gasteiger charge is 2.14. The van der Waals surface area contributed by atoms with Crippen LogP contribution in [0.5, 0.6) is 0 Å². The lowest BCUT2D eigenvalue weighted by molar-refractivity contribution is 0.639. The number of hydrogen-bond acceptors (Lipinski definition) is 0. The Balaban J connectivity index is 3.05. The summed E-state index contributed by atoms with van der Waals surface area (Å²) in [6.45, 7) is 4.40. The molecular weight excluding hydrogens is 360 g/mol. The third kappa shape index (κ3) is 3.07. The van der Waals surface area contributed by atoms with Crippen LogP contribution in [0.1, 0.15) is 24.2 Å². The molecule has 0 amide bonds. The highest BCUT2D eigenvalue weighted by atomic mass is 79.9. The van der Waals surface area contributed by atoms with Gasteiger partial charge in [0.15, 0.2) is 0 Å². The van der Waals surface area contributed by atoms with Crippen LogP contribution in [0.3, 0.4) is 0 Å². The van der Waals surface area contributed by atoms with Crippen LogP contribution in [0.15, 0.2) is 27.1 Å². The molecule has 0 N–H and O–H groups in total. The molecule has 0 nitrogen and oxygen atoms in total. The van der Waals surface area contributed by atoms with E-state index in [1.54, 1.807) is 0 Å². The van der Waals surface area contributed by atoms with Gasteiger partial charge in [-0.3, -0.25) is 0 Å². The van der Waals surface area contributed by atoms with Crippen molar-refractivity contribution < 1.29 is 0 Å². The van der Waals surface area contributed by atoms with E-state index >= 15 is 0 Å². The fourth-order valence-corrected chi connectivity index (χ4v) is 2.64. The van der Waals surface area contributed by atoms with Crippen molar-refractivity contribution in [2.75, 3.05) is 0 Å². The molecule has 0 saturated heterocycles. The quantitative estimate of drug-likeness (QED) is 0.619. The molecule has 13 heavy (non-hydrogen) atoms. The maximum absolute atomic E-state index is 3.68. The van der Waals surface area contributed by atoms with Crippen molar-refractivity contribution >= 4 is 47.8 Å². The summed E-state index contributed by atoms with van der Waals surface area (Å²) in [5, 5.41) is 0. The first-order valence-electron chi connectivity index (χ1n) is 4.11. The van der Waals surface area contributed by atoms with Crippen LogP contribution in [0, 0.1) is 5.92 Å². The molecule has 1 atom stereocenters. The molecule has 0 aromatic heterocycles. The Hall–Kier alpha value is 0.660. The first-order valence-corrected chi connectivity index (χ1v) is 6.61. The van der Waals surface area contributed by atoms with Crippen molar-refractivity contribution in [3.8, 4) is 0 Å². The lowest BCUT2D eigenvalue weighted by atomic mass is 10.0. The first-order chi connectivity index (χ1) is 6.02. The zero-order valence-electron chi connectivity index (χ0n) is 7.52. The molecule has 0 bridgehead atoms. The van der Waals surface area contributed by atoms with E-state index in [0.717, 1.165) is 8.95 Å². The summed E-state index contributed by atoms with van der Waals surface area (Å²) < 4.78 is 2.28. The van der Waals surface area contributed by atoms with Gasteiger partial charge >= 0.3 is 0 Å². The Morgan fingerprint density at radius 2 is 1.77 bits per heavy atom. The van der Waals surface area contributed by atoms with Crippen molar-refractivity contribution in [3.63, 3.8) is 0 Å². The van der Waals surface area contributed by atoms with Crippen molar-refractivity contribution in [1.82, 2.24) is 0 Å². The number of alkyl halides is 1. The fourth-order valence-electron chi connectivity index (χ4n) is 1.09. The zero-order valence-corrected chi connectivity index (χ0v) is 12.3. The molecule has 0 radical (unpaired) electrons. The van der Waals surface area contributed by atoms with E-state index in [1.807, 2.05) is 6.07 Å². The Morgan fingerprint density at radius 3 is 2.31 bits per heavy atom. The Labute approximate surface area is 104 Å². The van der Waals surface area contributed by atoms with Gasteiger partial charge in [-0.25, -0.2) is 0 Å². The number of halogens is 3. The molecule has 3 heteroatoms. The zero-order chi connectivity index (χ0) is 10.0. The predicted molar refractivity (Wildman–Crippen MR) is 68.3 cm³/mol. The third-order valence-corrected chi connectivity index (χ3v) is 4.61. The van der Waals surface area contributed by atoms with Crippen molar-refractivity contribution in [3.05, 3.63) is 32.7 Å². The van der Waals surface area contributed by atoms with E-state index in [1.165, 1.54) is 5.56 Å². The number of rotatable bonds is 2. The second-order valence-electron chi connectivity index (χ2n) is 3.31. The van der Waals surface area contributed by atoms with E-state index in [4.69, 9.17) is 0 Å². The van der Waals surface area contributed by atoms with Gasteiger partial charge in [-0.2, -0.15) is 0 Å². The molecule has 1 aromatic rings. The van der Waals surface area contributed by atoms with Gasteiger partial charge in [-0.1, -0.05) is 61.6 Å². The van der Waals surface area contributed by atoms with Crippen LogP contribution in [-0.4, -0.2) is 0 Å². The monoisotopic (exact) mass is 368 g/mol. The summed E-state index contributed by atoms with van der Waals surface area (Å²) in [6.07, 6.45) is 0. The average Bonchev–Trinajstić information content (AvgIpc) is 2.08. The normalized spacial score (nSPS) is 13.4. The molecule has 0 saturated carbocycles. The number of hydrogen-bond donors (Lipinski definition) is 0. The molecule has 0 spiro atoms. The third-order valence-electron chi connectivity index (χ3n) is 1.84. The van der Waals surface area contributed by atoms with Crippen LogP contribution < -0.4 is 0 Å².